The van der Waals surface area contributed by atoms with Crippen molar-refractivity contribution in [2.75, 3.05) is 11.5 Å². The van der Waals surface area contributed by atoms with Gasteiger partial charge in [0, 0.05) is 22.2 Å². The number of carbonyl (C=O) groups excluding carboxylic acids is 2. The third-order valence-corrected chi connectivity index (χ3v) is 6.88. The lowest BCUT2D eigenvalue weighted by Gasteiger charge is -2.33. The summed E-state index contributed by atoms with van der Waals surface area (Å²) in [5, 5.41) is 5.08. The third-order valence-electron chi connectivity index (χ3n) is 6.00. The van der Waals surface area contributed by atoms with E-state index in [0.29, 0.717) is 23.6 Å². The van der Waals surface area contributed by atoms with Crippen LogP contribution in [0.4, 0.5) is 10.1 Å². The Morgan fingerprint density at radius 3 is 2.50 bits per heavy atom. The summed E-state index contributed by atoms with van der Waals surface area (Å²) >= 11 is 1.49. The first-order chi connectivity index (χ1) is 16.6. The number of hydrogen-bond donors (Lipinski definition) is 1. The van der Waals surface area contributed by atoms with Crippen LogP contribution in [0.3, 0.4) is 0 Å². The molecule has 2 amide bonds. The molecule has 0 bridgehead atoms. The van der Waals surface area contributed by atoms with Crippen LogP contribution in [0.5, 0.6) is 5.75 Å². The monoisotopic (exact) mass is 480 g/mol. The Bertz CT molecular complexity index is 1100. The quantitative estimate of drug-likeness (QED) is 0.430. The Labute approximate surface area is 203 Å². The van der Waals surface area contributed by atoms with Crippen LogP contribution >= 0.6 is 11.3 Å². The average Bonchev–Trinajstić information content (AvgIpc) is 3.53. The summed E-state index contributed by atoms with van der Waals surface area (Å²) in [5.74, 6) is -0.362. The molecule has 0 saturated heterocycles. The normalized spacial score (nSPS) is 14.5. The topological polar surface area (TPSA) is 58.6 Å². The van der Waals surface area contributed by atoms with Crippen molar-refractivity contribution in [1.82, 2.24) is 5.32 Å². The predicted molar refractivity (Wildman–Crippen MR) is 133 cm³/mol. The number of carbonyl (C=O) groups is 2. The SMILES string of the molecule is CCOc1ccccc1[C@@H](C(=O)NC1CCCC1)N(C(=O)Cc1cccs1)c1ccc(F)cc1. The minimum atomic E-state index is -0.957. The molecule has 1 heterocycles. The molecule has 1 saturated carbocycles. The number of anilines is 1. The van der Waals surface area contributed by atoms with Gasteiger partial charge in [0.05, 0.1) is 13.0 Å². The lowest BCUT2D eigenvalue weighted by atomic mass is 10.0. The molecule has 1 fully saturated rings. The zero-order valence-electron chi connectivity index (χ0n) is 19.2. The van der Waals surface area contributed by atoms with Crippen molar-refractivity contribution in [1.29, 1.82) is 0 Å². The summed E-state index contributed by atoms with van der Waals surface area (Å²) in [6.07, 6.45) is 4.13. The van der Waals surface area contributed by atoms with Crippen molar-refractivity contribution in [3.8, 4) is 5.75 Å². The second-order valence-corrected chi connectivity index (χ2v) is 9.39. The average molecular weight is 481 g/mol. The molecule has 1 atom stereocenters. The number of nitrogens with one attached hydrogen (secondary N) is 1. The zero-order chi connectivity index (χ0) is 23.9. The van der Waals surface area contributed by atoms with Crippen molar-refractivity contribution >= 4 is 28.8 Å². The van der Waals surface area contributed by atoms with Crippen LogP contribution in [0.1, 0.15) is 49.1 Å². The first kappa shape index (κ1) is 24.0. The van der Waals surface area contributed by atoms with Crippen molar-refractivity contribution in [2.24, 2.45) is 0 Å². The van der Waals surface area contributed by atoms with E-state index in [2.05, 4.69) is 5.32 Å². The molecule has 7 heteroatoms. The van der Waals surface area contributed by atoms with Crippen LogP contribution in [-0.2, 0) is 16.0 Å². The fourth-order valence-electron chi connectivity index (χ4n) is 4.43. The fraction of sp³-hybridized carbons (Fsp3) is 0.333. The first-order valence-corrected chi connectivity index (χ1v) is 12.6. The molecular weight excluding hydrogens is 451 g/mol. The number of halogens is 1. The number of ether oxygens (including phenoxy) is 1. The van der Waals surface area contributed by atoms with E-state index in [4.69, 9.17) is 4.74 Å². The summed E-state index contributed by atoms with van der Waals surface area (Å²) in [4.78, 5) is 29.9. The van der Waals surface area contributed by atoms with E-state index in [9.17, 15) is 14.0 Å². The van der Waals surface area contributed by atoms with E-state index in [1.54, 1.807) is 18.2 Å². The number of hydrogen-bond acceptors (Lipinski definition) is 4. The number of thiophene rings is 1. The molecule has 1 N–H and O–H groups in total. The Morgan fingerprint density at radius 1 is 1.09 bits per heavy atom. The van der Waals surface area contributed by atoms with Gasteiger partial charge in [0.15, 0.2) is 0 Å². The second kappa shape index (κ2) is 11.3. The first-order valence-electron chi connectivity index (χ1n) is 11.7. The van der Waals surface area contributed by atoms with E-state index in [-0.39, 0.29) is 24.3 Å². The molecule has 3 aromatic rings. The third kappa shape index (κ3) is 5.65. The van der Waals surface area contributed by atoms with Gasteiger partial charge in [-0.3, -0.25) is 14.5 Å². The maximum absolute atomic E-state index is 13.8. The zero-order valence-corrected chi connectivity index (χ0v) is 20.0. The summed E-state index contributed by atoms with van der Waals surface area (Å²) in [6.45, 7) is 2.30. The highest BCUT2D eigenvalue weighted by atomic mass is 32.1. The van der Waals surface area contributed by atoms with Gasteiger partial charge >= 0.3 is 0 Å². The molecule has 0 radical (unpaired) electrons. The molecule has 1 aliphatic carbocycles. The maximum atomic E-state index is 13.8. The van der Waals surface area contributed by atoms with Gasteiger partial charge in [-0.05, 0) is 61.5 Å². The van der Waals surface area contributed by atoms with Gasteiger partial charge in [0.1, 0.15) is 17.6 Å². The predicted octanol–water partition coefficient (Wildman–Crippen LogP) is 5.66. The van der Waals surface area contributed by atoms with Gasteiger partial charge in [0.25, 0.3) is 0 Å². The second-order valence-electron chi connectivity index (χ2n) is 8.36. The Hall–Kier alpha value is -3.19. The van der Waals surface area contributed by atoms with E-state index in [1.165, 1.54) is 28.4 Å². The summed E-state index contributed by atoms with van der Waals surface area (Å²) < 4.78 is 19.6. The lowest BCUT2D eigenvalue weighted by molar-refractivity contribution is -0.127. The maximum Gasteiger partial charge on any atom is 0.248 e. The van der Waals surface area contributed by atoms with Crippen LogP contribution in [0.25, 0.3) is 0 Å². The molecule has 0 spiro atoms. The minimum absolute atomic E-state index is 0.0803. The van der Waals surface area contributed by atoms with Gasteiger partial charge in [-0.25, -0.2) is 4.39 Å². The smallest absolute Gasteiger partial charge is 0.248 e. The van der Waals surface area contributed by atoms with Crippen LogP contribution in [0.2, 0.25) is 0 Å². The van der Waals surface area contributed by atoms with Gasteiger partial charge in [-0.15, -0.1) is 11.3 Å². The van der Waals surface area contributed by atoms with Gasteiger partial charge in [0.2, 0.25) is 11.8 Å². The highest BCUT2D eigenvalue weighted by Crippen LogP contribution is 2.35. The molecule has 1 aliphatic rings. The molecule has 0 unspecified atom stereocenters. The molecule has 1 aromatic heterocycles. The van der Waals surface area contributed by atoms with Gasteiger partial charge in [-0.1, -0.05) is 37.1 Å². The largest absolute Gasteiger partial charge is 0.493 e. The van der Waals surface area contributed by atoms with Crippen LogP contribution in [0.15, 0.2) is 66.0 Å². The van der Waals surface area contributed by atoms with E-state index >= 15 is 0 Å². The highest BCUT2D eigenvalue weighted by Gasteiger charge is 2.36. The van der Waals surface area contributed by atoms with Crippen molar-refractivity contribution in [3.05, 3.63) is 82.3 Å². The summed E-state index contributed by atoms with van der Waals surface area (Å²) in [7, 11) is 0. The van der Waals surface area contributed by atoms with E-state index < -0.39 is 11.9 Å². The van der Waals surface area contributed by atoms with Gasteiger partial charge < -0.3 is 10.1 Å². The molecule has 5 nitrogen and oxygen atoms in total. The van der Waals surface area contributed by atoms with Crippen LogP contribution < -0.4 is 15.0 Å². The molecular formula is C27H29FN2O3S. The molecule has 178 valence electrons. The van der Waals surface area contributed by atoms with Crippen molar-refractivity contribution < 1.29 is 18.7 Å². The Kier molecular flexibility index (Phi) is 7.95. The van der Waals surface area contributed by atoms with Crippen molar-refractivity contribution in [3.63, 3.8) is 0 Å². The standard InChI is InChI=1S/C27H29FN2O3S/c1-2-33-24-12-6-5-11-23(24)26(27(32)29-20-8-3-4-9-20)30(21-15-13-19(28)14-16-21)25(31)18-22-10-7-17-34-22/h5-7,10-17,20,26H,2-4,8-9,18H2,1H3,(H,29,32)/t26-/m0/s1. The minimum Gasteiger partial charge on any atom is -0.493 e. The molecule has 0 aliphatic heterocycles. The lowest BCUT2D eigenvalue weighted by Crippen LogP contribution is -2.47. The number of amides is 2. The number of nitrogens with zero attached hydrogens (tertiary/aromatic N) is 1. The Morgan fingerprint density at radius 2 is 1.82 bits per heavy atom. The summed E-state index contributed by atoms with van der Waals surface area (Å²) in [6, 6.07) is 15.9. The number of para-hydroxylation sites is 1. The number of rotatable bonds is 9. The van der Waals surface area contributed by atoms with E-state index in [0.717, 1.165) is 30.6 Å². The van der Waals surface area contributed by atoms with Crippen molar-refractivity contribution in [2.45, 2.75) is 51.1 Å². The molecule has 2 aromatic carbocycles. The Balaban J connectivity index is 1.79. The van der Waals surface area contributed by atoms with Crippen LogP contribution in [-0.4, -0.2) is 24.5 Å². The van der Waals surface area contributed by atoms with Crippen LogP contribution in [0, 0.1) is 5.82 Å². The summed E-state index contributed by atoms with van der Waals surface area (Å²) in [5.41, 5.74) is 1.06. The fourth-order valence-corrected chi connectivity index (χ4v) is 5.12. The highest BCUT2D eigenvalue weighted by molar-refractivity contribution is 7.10. The van der Waals surface area contributed by atoms with Gasteiger partial charge in [-0.2, -0.15) is 0 Å². The van der Waals surface area contributed by atoms with E-state index in [1.807, 2.05) is 42.6 Å². The molecule has 34 heavy (non-hydrogen) atoms. The number of benzene rings is 2. The molecule has 4 rings (SSSR count).